The highest BCUT2D eigenvalue weighted by atomic mass is 79.9. The van der Waals surface area contributed by atoms with Crippen LogP contribution < -0.4 is 10.6 Å². The van der Waals surface area contributed by atoms with Crippen LogP contribution in [0.5, 0.6) is 0 Å². The number of aromatic nitrogens is 3. The van der Waals surface area contributed by atoms with E-state index in [0.717, 1.165) is 45.8 Å². The second-order valence-electron chi connectivity index (χ2n) is 20.1. The molecule has 0 unspecified atom stereocenters. The number of carbonyl (C=O) groups excluding carboxylic acids is 6. The molecule has 0 spiro atoms. The van der Waals surface area contributed by atoms with Gasteiger partial charge in [-0.2, -0.15) is 0 Å². The van der Waals surface area contributed by atoms with Crippen LogP contribution in [-0.2, 0) is 35.0 Å². The predicted octanol–water partition coefficient (Wildman–Crippen LogP) is 9.33. The van der Waals surface area contributed by atoms with Crippen LogP contribution in [0.15, 0.2) is 71.5 Å². The van der Waals surface area contributed by atoms with Crippen molar-refractivity contribution in [3.8, 4) is 11.1 Å². The lowest BCUT2D eigenvalue weighted by Crippen LogP contribution is -2.45. The number of ketones is 1. The molecule has 3 aliphatic rings. The van der Waals surface area contributed by atoms with Gasteiger partial charge in [-0.1, -0.05) is 12.1 Å². The molecule has 364 valence electrons. The first-order chi connectivity index (χ1) is 31.9. The van der Waals surface area contributed by atoms with Gasteiger partial charge in [-0.25, -0.2) is 24.4 Å². The molecule has 68 heavy (non-hydrogen) atoms. The van der Waals surface area contributed by atoms with Gasteiger partial charge >= 0.3 is 18.3 Å². The number of nitrogens with one attached hydrogen (secondary N) is 2. The highest BCUT2D eigenvalue weighted by Gasteiger charge is 2.39. The first kappa shape index (κ1) is 51.2. The maximum Gasteiger partial charge on any atom is 0.410 e. The van der Waals surface area contributed by atoms with E-state index in [9.17, 15) is 28.8 Å². The highest BCUT2D eigenvalue weighted by Crippen LogP contribution is 2.28. The number of benzene rings is 1. The molecule has 0 radical (unpaired) electrons. The molecule has 2 N–H and O–H groups in total. The summed E-state index contributed by atoms with van der Waals surface area (Å²) in [5.74, 6) is 0.284. The van der Waals surface area contributed by atoms with Crippen LogP contribution in [0.1, 0.15) is 107 Å². The van der Waals surface area contributed by atoms with Gasteiger partial charge in [0.05, 0.1) is 18.0 Å². The van der Waals surface area contributed by atoms with Crippen LogP contribution in [0.4, 0.5) is 26.0 Å². The summed E-state index contributed by atoms with van der Waals surface area (Å²) in [5.41, 5.74) is 1.35. The van der Waals surface area contributed by atoms with Crippen molar-refractivity contribution in [3.05, 3.63) is 77.2 Å². The molecule has 3 aromatic heterocycles. The number of pyridine rings is 3. The minimum absolute atomic E-state index is 0.0458. The van der Waals surface area contributed by atoms with Crippen molar-refractivity contribution in [1.82, 2.24) is 29.7 Å². The Balaban J connectivity index is 0.000000289. The van der Waals surface area contributed by atoms with Crippen LogP contribution in [0.3, 0.4) is 0 Å². The molecule has 1 aromatic carbocycles. The van der Waals surface area contributed by atoms with Crippen LogP contribution >= 0.6 is 15.9 Å². The third kappa shape index (κ3) is 14.2. The van der Waals surface area contributed by atoms with Gasteiger partial charge in [-0.3, -0.25) is 34.1 Å². The lowest BCUT2D eigenvalue weighted by atomic mass is 10.0. The van der Waals surface area contributed by atoms with Crippen LogP contribution in [0.2, 0.25) is 0 Å². The Morgan fingerprint density at radius 3 is 1.50 bits per heavy atom. The summed E-state index contributed by atoms with van der Waals surface area (Å²) in [6.07, 6.45) is 6.13. The molecular weight excluding hydrogens is 937 g/mol. The summed E-state index contributed by atoms with van der Waals surface area (Å²) < 4.78 is 17.2. The van der Waals surface area contributed by atoms with Crippen LogP contribution in [0, 0.1) is 0 Å². The summed E-state index contributed by atoms with van der Waals surface area (Å²) in [6.45, 7) is 17.8. The molecule has 18 heteroatoms. The van der Waals surface area contributed by atoms with Gasteiger partial charge in [0.1, 0.15) is 40.5 Å². The summed E-state index contributed by atoms with van der Waals surface area (Å²) >= 11 is 3.29. The molecule has 3 atom stereocenters. The summed E-state index contributed by atoms with van der Waals surface area (Å²) in [7, 11) is 0. The number of nitrogens with zero attached hydrogens (tertiary/aromatic N) is 6. The van der Waals surface area contributed by atoms with E-state index >= 15 is 0 Å². The van der Waals surface area contributed by atoms with Gasteiger partial charge < -0.3 is 24.8 Å². The predicted molar refractivity (Wildman–Crippen MR) is 261 cm³/mol. The van der Waals surface area contributed by atoms with Crippen molar-refractivity contribution in [2.75, 3.05) is 30.3 Å². The zero-order valence-electron chi connectivity index (χ0n) is 40.4. The van der Waals surface area contributed by atoms with Crippen molar-refractivity contribution >= 4 is 74.3 Å². The number of anilines is 2. The van der Waals surface area contributed by atoms with Crippen LogP contribution in [0.25, 0.3) is 22.0 Å². The molecule has 5 amide bonds. The lowest BCUT2D eigenvalue weighted by Gasteiger charge is -2.28. The van der Waals surface area contributed by atoms with Gasteiger partial charge in [0, 0.05) is 53.1 Å². The molecule has 0 aliphatic carbocycles. The first-order valence-electron chi connectivity index (χ1n) is 23.0. The number of rotatable bonds is 8. The number of hydrogen-bond donors (Lipinski definition) is 2. The Kier molecular flexibility index (Phi) is 16.1. The second-order valence-corrected chi connectivity index (χ2v) is 21.0. The third-order valence-corrected chi connectivity index (χ3v) is 11.5. The molecule has 0 bridgehead atoms. The Labute approximate surface area is 406 Å². The number of hydrogen-bond acceptors (Lipinski definition) is 12. The highest BCUT2D eigenvalue weighted by molar-refractivity contribution is 9.10. The minimum Gasteiger partial charge on any atom is -0.444 e. The summed E-state index contributed by atoms with van der Waals surface area (Å²) in [4.78, 5) is 93.7. The van der Waals surface area contributed by atoms with Gasteiger partial charge in [-0.15, -0.1) is 0 Å². The second kappa shape index (κ2) is 21.4. The molecular formula is C50H63BrN8O9. The fourth-order valence-electron chi connectivity index (χ4n) is 8.05. The molecule has 7 rings (SSSR count). The topological polar surface area (TPSA) is 203 Å². The molecule has 0 saturated carbocycles. The SMILES string of the molecule is CC(C)(C)OC(=O)N1CCC[C@H]1C(=O)Cc1ccc2cc(-c3ccc(NC(=O)[C@@H]4CCCN4C(=O)OC(C)(C)C)nc3)ccc2n1.CC(C)(C)OC(=O)N1CCC[C@H]1C(=O)Nc1ccc(Br)cn1. The van der Waals surface area contributed by atoms with E-state index < -0.39 is 53.2 Å². The largest absolute Gasteiger partial charge is 0.444 e. The van der Waals surface area contributed by atoms with E-state index in [2.05, 4.69) is 36.5 Å². The molecule has 4 aromatic rings. The zero-order valence-corrected chi connectivity index (χ0v) is 42.0. The molecule has 3 aliphatic heterocycles. The maximum atomic E-state index is 13.2. The van der Waals surface area contributed by atoms with Crippen molar-refractivity contribution in [2.24, 2.45) is 0 Å². The fourth-order valence-corrected chi connectivity index (χ4v) is 8.28. The van der Waals surface area contributed by atoms with Gasteiger partial charge in [-0.05, 0) is 165 Å². The van der Waals surface area contributed by atoms with E-state index in [4.69, 9.17) is 19.2 Å². The van der Waals surface area contributed by atoms with Crippen LogP contribution in [-0.4, -0.2) is 120 Å². The minimum atomic E-state index is -0.639. The Morgan fingerprint density at radius 1 is 0.588 bits per heavy atom. The van der Waals surface area contributed by atoms with Gasteiger partial charge in [0.2, 0.25) is 11.8 Å². The van der Waals surface area contributed by atoms with E-state index in [1.54, 1.807) is 56.3 Å². The average molecular weight is 1000 g/mol. The number of Topliss-reactive ketones (excluding diaryl/α,β-unsaturated/α-hetero) is 1. The van der Waals surface area contributed by atoms with Crippen molar-refractivity contribution in [2.45, 2.75) is 142 Å². The molecule has 3 fully saturated rings. The van der Waals surface area contributed by atoms with E-state index in [0.29, 0.717) is 56.2 Å². The molecule has 6 heterocycles. The van der Waals surface area contributed by atoms with Gasteiger partial charge in [0.15, 0.2) is 5.78 Å². The average Bonchev–Trinajstić information content (AvgIpc) is 4.05. The number of ether oxygens (including phenoxy) is 3. The summed E-state index contributed by atoms with van der Waals surface area (Å²) in [6, 6.07) is 15.1. The Morgan fingerprint density at radius 2 is 1.04 bits per heavy atom. The third-order valence-electron chi connectivity index (χ3n) is 11.0. The Bertz CT molecular complexity index is 2480. The maximum absolute atomic E-state index is 13.2. The molecule has 17 nitrogen and oxygen atoms in total. The quantitative estimate of drug-likeness (QED) is 0.159. The number of halogens is 1. The van der Waals surface area contributed by atoms with E-state index in [1.807, 2.05) is 77.9 Å². The number of fused-ring (bicyclic) bond motifs is 1. The Hall–Kier alpha value is -6.17. The van der Waals surface area contributed by atoms with Crippen molar-refractivity contribution < 1.29 is 43.0 Å². The monoisotopic (exact) mass is 998 g/mol. The van der Waals surface area contributed by atoms with Crippen molar-refractivity contribution in [3.63, 3.8) is 0 Å². The van der Waals surface area contributed by atoms with Gasteiger partial charge in [0.25, 0.3) is 0 Å². The van der Waals surface area contributed by atoms with E-state index in [1.165, 1.54) is 9.80 Å². The van der Waals surface area contributed by atoms with E-state index in [-0.39, 0.29) is 24.0 Å². The number of amides is 5. The zero-order chi connectivity index (χ0) is 49.6. The number of likely N-dealkylation sites (tertiary alicyclic amines) is 3. The normalized spacial score (nSPS) is 18.4. The number of carbonyl (C=O) groups is 6. The standard InChI is InChI=1S/C35H43N5O6.C15H20BrN3O3/c1-34(2,3)45-32(43)39-17-7-9-27(39)29(41)20-25-14-11-23-19-22(12-15-26(23)37-25)24-13-16-30(36-21-24)38-31(42)28-10-8-18-40(28)33(44)46-35(4,5)6;1-15(2,3)22-14(21)19-8-4-5-11(19)13(20)18-12-7-6-10(16)9-17-12/h11-16,19,21,27-28H,7-10,17-18,20H2,1-6H3,(H,36,38,42);6-7,9,11H,4-5,8H2,1-3H3,(H,17,18,20)/t27-,28-;11-/m00/s1. The fraction of sp³-hybridized carbons (Fsp3) is 0.500. The molecule has 3 saturated heterocycles. The van der Waals surface area contributed by atoms with Crippen molar-refractivity contribution in [1.29, 1.82) is 0 Å². The lowest BCUT2D eigenvalue weighted by molar-refractivity contribution is -0.123. The summed E-state index contributed by atoms with van der Waals surface area (Å²) in [5, 5.41) is 6.48. The smallest absolute Gasteiger partial charge is 0.410 e. The first-order valence-corrected chi connectivity index (χ1v) is 23.8.